The molecular formula is C28H26N2O5S. The Bertz CT molecular complexity index is 1420. The van der Waals surface area contributed by atoms with Crippen LogP contribution in [0.15, 0.2) is 108 Å². The fourth-order valence-electron chi connectivity index (χ4n) is 3.67. The molecule has 8 heteroatoms. The molecule has 0 heterocycles. The SMILES string of the molecule is C[C@](NS(=O)(=O)c1ccc2ccccc2c1)(C(=O)NCc1ccccc1)C(=O)OCc1ccccc1. The number of carbonyl (C=O) groups excluding carboxylic acids is 2. The fraction of sp³-hybridized carbons (Fsp3) is 0.143. The van der Waals surface area contributed by atoms with E-state index in [1.54, 1.807) is 42.5 Å². The van der Waals surface area contributed by atoms with Gasteiger partial charge in [-0.15, -0.1) is 0 Å². The van der Waals surface area contributed by atoms with E-state index in [0.717, 1.165) is 10.9 Å². The Morgan fingerprint density at radius 2 is 1.36 bits per heavy atom. The normalized spacial score (nSPS) is 13.0. The van der Waals surface area contributed by atoms with Gasteiger partial charge >= 0.3 is 5.97 Å². The van der Waals surface area contributed by atoms with Gasteiger partial charge in [-0.2, -0.15) is 4.72 Å². The first kappa shape index (κ1) is 25.1. The number of hydrogen-bond acceptors (Lipinski definition) is 5. The van der Waals surface area contributed by atoms with Crippen LogP contribution in [0.3, 0.4) is 0 Å². The molecule has 184 valence electrons. The lowest BCUT2D eigenvalue weighted by Crippen LogP contribution is -2.62. The lowest BCUT2D eigenvalue weighted by molar-refractivity contribution is -0.155. The highest BCUT2D eigenvalue weighted by molar-refractivity contribution is 7.89. The number of ether oxygens (including phenoxy) is 1. The summed E-state index contributed by atoms with van der Waals surface area (Å²) >= 11 is 0. The van der Waals surface area contributed by atoms with Crippen molar-refractivity contribution >= 4 is 32.7 Å². The molecule has 36 heavy (non-hydrogen) atoms. The first-order valence-corrected chi connectivity index (χ1v) is 12.8. The van der Waals surface area contributed by atoms with Crippen molar-refractivity contribution in [3.05, 3.63) is 114 Å². The van der Waals surface area contributed by atoms with Crippen molar-refractivity contribution in [2.45, 2.75) is 30.5 Å². The van der Waals surface area contributed by atoms with Gasteiger partial charge < -0.3 is 10.1 Å². The molecule has 2 N–H and O–H groups in total. The lowest BCUT2D eigenvalue weighted by atomic mass is 10.0. The molecule has 0 spiro atoms. The molecule has 4 aromatic rings. The Hall–Kier alpha value is -4.01. The second-order valence-electron chi connectivity index (χ2n) is 8.47. The second kappa shape index (κ2) is 10.7. The third-order valence-corrected chi connectivity index (χ3v) is 7.29. The van der Waals surface area contributed by atoms with Gasteiger partial charge in [0.2, 0.25) is 15.6 Å². The zero-order valence-electron chi connectivity index (χ0n) is 19.7. The molecule has 4 rings (SSSR count). The van der Waals surface area contributed by atoms with Crippen molar-refractivity contribution in [3.8, 4) is 0 Å². The van der Waals surface area contributed by atoms with E-state index >= 15 is 0 Å². The number of hydrogen-bond donors (Lipinski definition) is 2. The summed E-state index contributed by atoms with van der Waals surface area (Å²) in [5.74, 6) is -1.84. The molecule has 0 aromatic heterocycles. The second-order valence-corrected chi connectivity index (χ2v) is 10.2. The molecule has 0 saturated carbocycles. The van der Waals surface area contributed by atoms with Crippen LogP contribution < -0.4 is 10.0 Å². The van der Waals surface area contributed by atoms with Crippen molar-refractivity contribution < 1.29 is 22.7 Å². The first-order chi connectivity index (χ1) is 17.3. The van der Waals surface area contributed by atoms with Gasteiger partial charge in [-0.3, -0.25) is 4.79 Å². The minimum absolute atomic E-state index is 0.0702. The predicted octanol–water partition coefficient (Wildman–Crippen LogP) is 3.94. The van der Waals surface area contributed by atoms with Crippen LogP contribution in [-0.2, 0) is 37.5 Å². The lowest BCUT2D eigenvalue weighted by Gasteiger charge is -2.27. The summed E-state index contributed by atoms with van der Waals surface area (Å²) < 4.78 is 34.4. The zero-order valence-corrected chi connectivity index (χ0v) is 20.5. The maximum absolute atomic E-state index is 13.3. The van der Waals surface area contributed by atoms with E-state index in [4.69, 9.17) is 4.74 Å². The summed E-state index contributed by atoms with van der Waals surface area (Å²) in [7, 11) is -4.28. The molecule has 0 bridgehead atoms. The molecule has 1 amide bonds. The highest BCUT2D eigenvalue weighted by Gasteiger charge is 2.46. The van der Waals surface area contributed by atoms with E-state index in [1.165, 1.54) is 19.1 Å². The Kier molecular flexibility index (Phi) is 7.47. The van der Waals surface area contributed by atoms with Crippen LogP contribution in [0, 0.1) is 0 Å². The summed E-state index contributed by atoms with van der Waals surface area (Å²) in [5.41, 5.74) is -0.716. The van der Waals surface area contributed by atoms with Crippen LogP contribution in [-0.4, -0.2) is 25.8 Å². The van der Waals surface area contributed by atoms with E-state index < -0.39 is 27.4 Å². The van der Waals surface area contributed by atoms with E-state index in [-0.39, 0.29) is 18.0 Å². The Morgan fingerprint density at radius 1 is 0.778 bits per heavy atom. The Balaban J connectivity index is 1.60. The molecule has 0 aliphatic heterocycles. The van der Waals surface area contributed by atoms with E-state index in [0.29, 0.717) is 10.9 Å². The van der Waals surface area contributed by atoms with Gasteiger partial charge in [0.1, 0.15) is 6.61 Å². The molecule has 7 nitrogen and oxygen atoms in total. The molecule has 1 atom stereocenters. The van der Waals surface area contributed by atoms with Gasteiger partial charge in [0, 0.05) is 6.54 Å². The minimum atomic E-state index is -4.28. The van der Waals surface area contributed by atoms with Gasteiger partial charge in [-0.1, -0.05) is 91.0 Å². The maximum Gasteiger partial charge on any atom is 0.337 e. The molecule has 4 aromatic carbocycles. The van der Waals surface area contributed by atoms with Crippen molar-refractivity contribution in [3.63, 3.8) is 0 Å². The van der Waals surface area contributed by atoms with Crippen molar-refractivity contribution in [1.82, 2.24) is 10.0 Å². The largest absolute Gasteiger partial charge is 0.459 e. The quantitative estimate of drug-likeness (QED) is 0.267. The highest BCUT2D eigenvalue weighted by atomic mass is 32.2. The monoisotopic (exact) mass is 502 g/mol. The van der Waals surface area contributed by atoms with Gasteiger partial charge in [0.05, 0.1) is 4.90 Å². The standard InChI is InChI=1S/C28H26N2O5S/c1-28(26(31)29-19-21-10-4-2-5-11-21,27(32)35-20-22-12-6-3-7-13-22)30-36(33,34)25-17-16-23-14-8-9-15-24(23)18-25/h2-18,30H,19-20H2,1H3,(H,29,31)/t28-/m0/s1. The fourth-order valence-corrected chi connectivity index (χ4v) is 5.03. The van der Waals surface area contributed by atoms with Gasteiger partial charge in [-0.05, 0) is 41.0 Å². The summed E-state index contributed by atoms with van der Waals surface area (Å²) in [6, 6.07) is 29.9. The number of sulfonamides is 1. The van der Waals surface area contributed by atoms with E-state index in [9.17, 15) is 18.0 Å². The number of nitrogens with one attached hydrogen (secondary N) is 2. The molecule has 0 radical (unpaired) electrons. The average molecular weight is 503 g/mol. The maximum atomic E-state index is 13.3. The van der Waals surface area contributed by atoms with Crippen molar-refractivity contribution in [2.75, 3.05) is 0 Å². The number of fused-ring (bicyclic) bond motifs is 1. The number of carbonyl (C=O) groups is 2. The van der Waals surface area contributed by atoms with Crippen LogP contribution in [0.5, 0.6) is 0 Å². The number of esters is 1. The summed E-state index contributed by atoms with van der Waals surface area (Å²) in [5, 5.41) is 4.23. The van der Waals surface area contributed by atoms with Crippen molar-refractivity contribution in [1.29, 1.82) is 0 Å². The van der Waals surface area contributed by atoms with Crippen LogP contribution in [0.1, 0.15) is 18.1 Å². The molecule has 0 saturated heterocycles. The average Bonchev–Trinajstić information content (AvgIpc) is 2.90. The smallest absolute Gasteiger partial charge is 0.337 e. The molecule has 0 fully saturated rings. The summed E-state index contributed by atoms with van der Waals surface area (Å²) in [6.45, 7) is 1.21. The van der Waals surface area contributed by atoms with Gasteiger partial charge in [-0.25, -0.2) is 13.2 Å². The summed E-state index contributed by atoms with van der Waals surface area (Å²) in [6.07, 6.45) is 0. The third kappa shape index (κ3) is 5.79. The van der Waals surface area contributed by atoms with Gasteiger partial charge in [0.25, 0.3) is 5.91 Å². The predicted molar refractivity (Wildman–Crippen MR) is 137 cm³/mol. The van der Waals surface area contributed by atoms with Gasteiger partial charge in [0.15, 0.2) is 0 Å². The summed E-state index contributed by atoms with van der Waals surface area (Å²) in [4.78, 5) is 26.4. The highest BCUT2D eigenvalue weighted by Crippen LogP contribution is 2.21. The number of rotatable bonds is 9. The Labute approximate surface area is 210 Å². The van der Waals surface area contributed by atoms with Crippen LogP contribution >= 0.6 is 0 Å². The number of amides is 1. The zero-order chi connectivity index (χ0) is 25.6. The van der Waals surface area contributed by atoms with Crippen LogP contribution in [0.2, 0.25) is 0 Å². The molecule has 0 unspecified atom stereocenters. The van der Waals surface area contributed by atoms with E-state index in [2.05, 4.69) is 10.0 Å². The van der Waals surface area contributed by atoms with E-state index in [1.807, 2.05) is 48.5 Å². The van der Waals surface area contributed by atoms with Crippen molar-refractivity contribution in [2.24, 2.45) is 0 Å². The Morgan fingerprint density at radius 3 is 2.03 bits per heavy atom. The third-order valence-electron chi connectivity index (χ3n) is 5.74. The molecular weight excluding hydrogens is 476 g/mol. The van der Waals surface area contributed by atoms with Crippen LogP contribution in [0.4, 0.5) is 0 Å². The molecule has 0 aliphatic rings. The first-order valence-electron chi connectivity index (χ1n) is 11.3. The topological polar surface area (TPSA) is 102 Å². The van der Waals surface area contributed by atoms with Crippen LogP contribution in [0.25, 0.3) is 10.8 Å². The molecule has 0 aliphatic carbocycles. The number of benzene rings is 4. The minimum Gasteiger partial charge on any atom is -0.459 e.